The lowest BCUT2D eigenvalue weighted by Gasteiger charge is -2.21. The first-order chi connectivity index (χ1) is 10.6. The second kappa shape index (κ2) is 7.46. The van der Waals surface area contributed by atoms with Gasteiger partial charge >= 0.3 is 6.03 Å². The molecule has 6 nitrogen and oxygen atoms in total. The van der Waals surface area contributed by atoms with Gasteiger partial charge in [-0.3, -0.25) is 4.79 Å². The minimum absolute atomic E-state index is 0.203. The number of benzene rings is 1. The molecule has 2 rings (SSSR count). The van der Waals surface area contributed by atoms with Crippen molar-refractivity contribution in [2.75, 3.05) is 25.0 Å². The van der Waals surface area contributed by atoms with Crippen molar-refractivity contribution in [3.05, 3.63) is 29.8 Å². The van der Waals surface area contributed by atoms with E-state index >= 15 is 0 Å². The second-order valence-corrected chi connectivity index (χ2v) is 5.57. The summed E-state index contributed by atoms with van der Waals surface area (Å²) in [6.07, 6.45) is 1.57. The molecule has 0 bridgehead atoms. The Labute approximate surface area is 130 Å². The van der Waals surface area contributed by atoms with E-state index in [2.05, 4.69) is 10.6 Å². The summed E-state index contributed by atoms with van der Waals surface area (Å²) in [7, 11) is 0. The van der Waals surface area contributed by atoms with Crippen LogP contribution in [0.15, 0.2) is 24.3 Å². The average molecular weight is 300 g/mol. The number of nitrogens with zero attached hydrogens (tertiary/aromatic N) is 2. The van der Waals surface area contributed by atoms with E-state index in [1.165, 1.54) is 0 Å². The molecule has 0 unspecified atom stereocenters. The molecular weight excluding hydrogens is 280 g/mol. The highest BCUT2D eigenvalue weighted by Crippen LogP contribution is 2.12. The summed E-state index contributed by atoms with van der Waals surface area (Å²) in [6.45, 7) is 4.01. The Kier molecular flexibility index (Phi) is 5.37. The molecule has 1 saturated heterocycles. The van der Waals surface area contributed by atoms with Crippen molar-refractivity contribution in [2.24, 2.45) is 5.92 Å². The van der Waals surface area contributed by atoms with Crippen LogP contribution in [0.4, 0.5) is 10.5 Å². The number of urea groups is 1. The highest BCUT2D eigenvalue weighted by Gasteiger charge is 2.21. The van der Waals surface area contributed by atoms with Crippen LogP contribution in [0.3, 0.4) is 0 Å². The number of carbonyl (C=O) groups is 2. The average Bonchev–Trinajstić information content (AvgIpc) is 2.91. The number of carbonyl (C=O) groups excluding carboxylic acids is 2. The topological polar surface area (TPSA) is 85.2 Å². The summed E-state index contributed by atoms with van der Waals surface area (Å²) >= 11 is 0. The Morgan fingerprint density at radius 1 is 1.41 bits per heavy atom. The van der Waals surface area contributed by atoms with Crippen molar-refractivity contribution in [2.45, 2.75) is 19.8 Å². The van der Waals surface area contributed by atoms with Crippen LogP contribution < -0.4 is 10.6 Å². The third-order valence-corrected chi connectivity index (χ3v) is 3.59. The van der Waals surface area contributed by atoms with Gasteiger partial charge in [-0.05, 0) is 36.6 Å². The first kappa shape index (κ1) is 15.8. The molecule has 0 aromatic heterocycles. The van der Waals surface area contributed by atoms with Crippen LogP contribution in [0.25, 0.3) is 0 Å². The minimum atomic E-state index is -0.288. The van der Waals surface area contributed by atoms with Crippen LogP contribution in [0.5, 0.6) is 0 Å². The maximum atomic E-state index is 11.8. The standard InChI is InChI=1S/C16H20N4O2/c1-12(11-20-8-2-3-15(20)21)10-18-16(22)19-14-6-4-13(9-17)5-7-14/h4-7,12H,2-3,8,10-11H2,1H3,(H2,18,19,22)/t12-/m0/s1. The number of anilines is 1. The number of hydrogen-bond donors (Lipinski definition) is 2. The van der Waals surface area contributed by atoms with Gasteiger partial charge in [-0.2, -0.15) is 5.26 Å². The SMILES string of the molecule is C[C@@H](CNC(=O)Nc1ccc(C#N)cc1)CN1CCCC1=O. The van der Waals surface area contributed by atoms with Crippen molar-refractivity contribution < 1.29 is 9.59 Å². The molecule has 1 aliphatic heterocycles. The Balaban J connectivity index is 1.72. The lowest BCUT2D eigenvalue weighted by molar-refractivity contribution is -0.128. The third-order valence-electron chi connectivity index (χ3n) is 3.59. The number of likely N-dealkylation sites (tertiary alicyclic amines) is 1. The Hall–Kier alpha value is -2.55. The monoisotopic (exact) mass is 300 g/mol. The summed E-state index contributed by atoms with van der Waals surface area (Å²) in [5.74, 6) is 0.405. The fourth-order valence-corrected chi connectivity index (χ4v) is 2.41. The van der Waals surface area contributed by atoms with Crippen LogP contribution in [0.1, 0.15) is 25.3 Å². The van der Waals surface area contributed by atoms with Crippen molar-refractivity contribution >= 4 is 17.6 Å². The minimum Gasteiger partial charge on any atom is -0.342 e. The molecule has 1 fully saturated rings. The van der Waals surface area contributed by atoms with E-state index < -0.39 is 0 Å². The van der Waals surface area contributed by atoms with E-state index in [4.69, 9.17) is 5.26 Å². The van der Waals surface area contributed by atoms with Gasteiger partial charge in [-0.15, -0.1) is 0 Å². The Morgan fingerprint density at radius 2 is 2.14 bits per heavy atom. The van der Waals surface area contributed by atoms with E-state index in [1.807, 2.05) is 17.9 Å². The smallest absolute Gasteiger partial charge is 0.319 e. The van der Waals surface area contributed by atoms with Gasteiger partial charge in [0.1, 0.15) is 0 Å². The van der Waals surface area contributed by atoms with Crippen LogP contribution >= 0.6 is 0 Å². The fourth-order valence-electron chi connectivity index (χ4n) is 2.41. The molecule has 2 N–H and O–H groups in total. The van der Waals surface area contributed by atoms with Crippen molar-refractivity contribution in [3.63, 3.8) is 0 Å². The van der Waals surface area contributed by atoms with Crippen molar-refractivity contribution in [1.82, 2.24) is 10.2 Å². The molecule has 0 spiro atoms. The zero-order chi connectivity index (χ0) is 15.9. The predicted octanol–water partition coefficient (Wildman–Crippen LogP) is 1.94. The van der Waals surface area contributed by atoms with Gasteiger partial charge in [0.05, 0.1) is 11.6 Å². The maximum Gasteiger partial charge on any atom is 0.319 e. The highest BCUT2D eigenvalue weighted by molar-refractivity contribution is 5.89. The molecule has 1 aromatic carbocycles. The highest BCUT2D eigenvalue weighted by atomic mass is 16.2. The molecule has 0 saturated carbocycles. The number of rotatable bonds is 5. The summed E-state index contributed by atoms with van der Waals surface area (Å²) < 4.78 is 0. The molecule has 1 atom stereocenters. The van der Waals surface area contributed by atoms with E-state index in [0.29, 0.717) is 30.8 Å². The number of nitrogens with one attached hydrogen (secondary N) is 2. The molecule has 3 amide bonds. The molecule has 0 radical (unpaired) electrons. The Morgan fingerprint density at radius 3 is 2.73 bits per heavy atom. The van der Waals surface area contributed by atoms with Gasteiger partial charge in [0.25, 0.3) is 0 Å². The zero-order valence-electron chi connectivity index (χ0n) is 12.6. The molecule has 1 heterocycles. The van der Waals surface area contributed by atoms with E-state index in [0.717, 1.165) is 13.0 Å². The third kappa shape index (κ3) is 4.48. The largest absolute Gasteiger partial charge is 0.342 e. The molecule has 1 aromatic rings. The second-order valence-electron chi connectivity index (χ2n) is 5.57. The molecule has 6 heteroatoms. The van der Waals surface area contributed by atoms with Gasteiger partial charge in [-0.1, -0.05) is 6.92 Å². The van der Waals surface area contributed by atoms with E-state index in [9.17, 15) is 9.59 Å². The quantitative estimate of drug-likeness (QED) is 0.871. The Bertz CT molecular complexity index is 577. The lowest BCUT2D eigenvalue weighted by atomic mass is 10.1. The summed E-state index contributed by atoms with van der Waals surface area (Å²) in [6, 6.07) is 8.41. The first-order valence-corrected chi connectivity index (χ1v) is 7.41. The van der Waals surface area contributed by atoms with Crippen molar-refractivity contribution in [3.8, 4) is 6.07 Å². The normalized spacial score (nSPS) is 15.3. The van der Waals surface area contributed by atoms with Gasteiger partial charge < -0.3 is 15.5 Å². The fraction of sp³-hybridized carbons (Fsp3) is 0.438. The van der Waals surface area contributed by atoms with Crippen LogP contribution in [0.2, 0.25) is 0 Å². The summed E-state index contributed by atoms with van der Waals surface area (Å²) in [5, 5.41) is 14.2. The number of nitriles is 1. The molecular formula is C16H20N4O2. The van der Waals surface area contributed by atoms with Crippen LogP contribution in [0, 0.1) is 17.2 Å². The van der Waals surface area contributed by atoms with Crippen LogP contribution in [-0.4, -0.2) is 36.5 Å². The first-order valence-electron chi connectivity index (χ1n) is 7.41. The van der Waals surface area contributed by atoms with E-state index in [1.54, 1.807) is 24.3 Å². The van der Waals surface area contributed by atoms with Gasteiger partial charge in [0.2, 0.25) is 5.91 Å². The summed E-state index contributed by atoms with van der Waals surface area (Å²) in [4.78, 5) is 25.2. The lowest BCUT2D eigenvalue weighted by Crippen LogP contribution is -2.37. The molecule has 1 aliphatic rings. The molecule has 22 heavy (non-hydrogen) atoms. The summed E-state index contributed by atoms with van der Waals surface area (Å²) in [5.41, 5.74) is 1.19. The van der Waals surface area contributed by atoms with Gasteiger partial charge in [0.15, 0.2) is 0 Å². The number of amides is 3. The zero-order valence-corrected chi connectivity index (χ0v) is 12.6. The predicted molar refractivity (Wildman–Crippen MR) is 83.2 cm³/mol. The van der Waals surface area contributed by atoms with Gasteiger partial charge in [0, 0.05) is 31.7 Å². The van der Waals surface area contributed by atoms with Crippen LogP contribution in [-0.2, 0) is 4.79 Å². The maximum absolute atomic E-state index is 11.8. The van der Waals surface area contributed by atoms with E-state index in [-0.39, 0.29) is 17.9 Å². The van der Waals surface area contributed by atoms with Crippen molar-refractivity contribution in [1.29, 1.82) is 5.26 Å². The van der Waals surface area contributed by atoms with Gasteiger partial charge in [-0.25, -0.2) is 4.79 Å². The number of hydrogen-bond acceptors (Lipinski definition) is 3. The molecule has 0 aliphatic carbocycles. The molecule has 116 valence electrons.